The number of nitrogen functional groups attached to an aromatic ring is 1. The Bertz CT molecular complexity index is 666. The van der Waals surface area contributed by atoms with Gasteiger partial charge in [-0.2, -0.15) is 0 Å². The molecule has 0 unspecified atom stereocenters. The fraction of sp³-hybridized carbons (Fsp3) is 0.312. The van der Waals surface area contributed by atoms with Crippen molar-refractivity contribution >= 4 is 22.9 Å². The van der Waals surface area contributed by atoms with Gasteiger partial charge in [-0.25, -0.2) is 0 Å². The number of benzene rings is 1. The molecule has 3 nitrogen and oxygen atoms in total. The Kier molecular flexibility index (Phi) is 3.61. The van der Waals surface area contributed by atoms with Gasteiger partial charge in [0.1, 0.15) is 0 Å². The SMILES string of the molecule is Cc1cc(C(C)(C)C)cc(-c2ccsc2C(N)=O)c1N. The third kappa shape index (κ3) is 2.56. The number of primary amides is 1. The fourth-order valence-corrected chi connectivity index (χ4v) is 2.93. The van der Waals surface area contributed by atoms with Crippen LogP contribution in [0.15, 0.2) is 23.6 Å². The summed E-state index contributed by atoms with van der Waals surface area (Å²) in [6.07, 6.45) is 0. The van der Waals surface area contributed by atoms with Crippen LogP contribution in [0.2, 0.25) is 0 Å². The van der Waals surface area contributed by atoms with Crippen molar-refractivity contribution in [3.05, 3.63) is 39.6 Å². The second kappa shape index (κ2) is 4.94. The third-order valence-corrected chi connectivity index (χ3v) is 4.36. The van der Waals surface area contributed by atoms with Gasteiger partial charge in [-0.15, -0.1) is 11.3 Å². The Morgan fingerprint density at radius 2 is 1.85 bits per heavy atom. The highest BCUT2D eigenvalue weighted by molar-refractivity contribution is 7.12. The molecule has 0 radical (unpaired) electrons. The van der Waals surface area contributed by atoms with Crippen LogP contribution < -0.4 is 11.5 Å². The number of hydrogen-bond acceptors (Lipinski definition) is 3. The van der Waals surface area contributed by atoms with Gasteiger partial charge >= 0.3 is 0 Å². The lowest BCUT2D eigenvalue weighted by atomic mass is 9.83. The molecule has 4 N–H and O–H groups in total. The summed E-state index contributed by atoms with van der Waals surface area (Å²) in [4.78, 5) is 12.1. The molecule has 0 saturated heterocycles. The summed E-state index contributed by atoms with van der Waals surface area (Å²) in [6, 6.07) is 6.08. The lowest BCUT2D eigenvalue weighted by molar-refractivity contribution is 0.100. The van der Waals surface area contributed by atoms with Gasteiger partial charge in [0.15, 0.2) is 0 Å². The Balaban J connectivity index is 2.70. The second-order valence-electron chi connectivity index (χ2n) is 6.03. The van der Waals surface area contributed by atoms with E-state index in [-0.39, 0.29) is 5.41 Å². The second-order valence-corrected chi connectivity index (χ2v) is 6.95. The molecule has 0 saturated carbocycles. The molecule has 2 rings (SSSR count). The molecule has 0 fully saturated rings. The molecule has 1 aromatic carbocycles. The molecular weight excluding hydrogens is 268 g/mol. The van der Waals surface area contributed by atoms with E-state index in [1.165, 1.54) is 16.9 Å². The van der Waals surface area contributed by atoms with Crippen LogP contribution in [0.3, 0.4) is 0 Å². The lowest BCUT2D eigenvalue weighted by Crippen LogP contribution is -2.13. The van der Waals surface area contributed by atoms with Crippen LogP contribution in [0.25, 0.3) is 11.1 Å². The number of carbonyl (C=O) groups is 1. The molecule has 0 aliphatic heterocycles. The minimum absolute atomic E-state index is 0.0239. The molecule has 1 aromatic heterocycles. The molecule has 1 heterocycles. The van der Waals surface area contributed by atoms with Gasteiger partial charge < -0.3 is 11.5 Å². The zero-order valence-corrected chi connectivity index (χ0v) is 13.1. The molecule has 0 aliphatic rings. The van der Waals surface area contributed by atoms with Crippen LogP contribution in [-0.4, -0.2) is 5.91 Å². The summed E-state index contributed by atoms with van der Waals surface area (Å²) in [5.41, 5.74) is 16.3. The first-order valence-electron chi connectivity index (χ1n) is 6.50. The Morgan fingerprint density at radius 1 is 1.20 bits per heavy atom. The van der Waals surface area contributed by atoms with E-state index in [1.54, 1.807) is 0 Å². The van der Waals surface area contributed by atoms with Crippen LogP contribution in [0.4, 0.5) is 5.69 Å². The van der Waals surface area contributed by atoms with Crippen molar-refractivity contribution in [3.63, 3.8) is 0 Å². The molecule has 0 atom stereocenters. The average molecular weight is 288 g/mol. The van der Waals surface area contributed by atoms with Gasteiger partial charge in [0.05, 0.1) is 4.88 Å². The number of carbonyl (C=O) groups excluding carboxylic acids is 1. The number of nitrogens with two attached hydrogens (primary N) is 2. The number of anilines is 1. The van der Waals surface area contributed by atoms with E-state index < -0.39 is 5.91 Å². The first kappa shape index (κ1) is 14.6. The number of rotatable bonds is 2. The first-order chi connectivity index (χ1) is 9.21. The van der Waals surface area contributed by atoms with E-state index in [4.69, 9.17) is 11.5 Å². The maximum Gasteiger partial charge on any atom is 0.259 e. The van der Waals surface area contributed by atoms with E-state index >= 15 is 0 Å². The fourth-order valence-electron chi connectivity index (χ4n) is 2.17. The molecule has 0 aliphatic carbocycles. The van der Waals surface area contributed by atoms with Gasteiger partial charge in [0.25, 0.3) is 5.91 Å². The molecule has 20 heavy (non-hydrogen) atoms. The summed E-state index contributed by atoms with van der Waals surface area (Å²) in [6.45, 7) is 8.46. The smallest absolute Gasteiger partial charge is 0.259 e. The van der Waals surface area contributed by atoms with E-state index in [0.717, 1.165) is 16.7 Å². The van der Waals surface area contributed by atoms with Crippen LogP contribution in [0, 0.1) is 6.92 Å². The van der Waals surface area contributed by atoms with Gasteiger partial charge in [-0.1, -0.05) is 26.8 Å². The Labute approximate surface area is 123 Å². The average Bonchev–Trinajstić information content (AvgIpc) is 2.80. The normalized spacial score (nSPS) is 11.6. The van der Waals surface area contributed by atoms with Crippen molar-refractivity contribution in [1.29, 1.82) is 0 Å². The quantitative estimate of drug-likeness (QED) is 0.827. The summed E-state index contributed by atoms with van der Waals surface area (Å²) < 4.78 is 0. The number of hydrogen-bond donors (Lipinski definition) is 2. The molecule has 2 aromatic rings. The monoisotopic (exact) mass is 288 g/mol. The summed E-state index contributed by atoms with van der Waals surface area (Å²) >= 11 is 1.35. The predicted octanol–water partition coefficient (Wildman–Crippen LogP) is 3.70. The first-order valence-corrected chi connectivity index (χ1v) is 7.38. The molecule has 1 amide bonds. The Morgan fingerprint density at radius 3 is 2.40 bits per heavy atom. The Hall–Kier alpha value is -1.81. The van der Waals surface area contributed by atoms with E-state index in [0.29, 0.717) is 10.6 Å². The van der Waals surface area contributed by atoms with Crippen LogP contribution >= 0.6 is 11.3 Å². The topological polar surface area (TPSA) is 69.1 Å². The third-order valence-electron chi connectivity index (χ3n) is 3.43. The largest absolute Gasteiger partial charge is 0.398 e. The van der Waals surface area contributed by atoms with Gasteiger partial charge in [-0.05, 0) is 41.0 Å². The minimum Gasteiger partial charge on any atom is -0.398 e. The predicted molar refractivity (Wildman–Crippen MR) is 86.1 cm³/mol. The minimum atomic E-state index is -0.409. The molecular formula is C16H20N2OS. The number of aryl methyl sites for hydroxylation is 1. The van der Waals surface area contributed by atoms with Crippen molar-refractivity contribution in [3.8, 4) is 11.1 Å². The van der Waals surface area contributed by atoms with Gasteiger partial charge in [0.2, 0.25) is 0 Å². The van der Waals surface area contributed by atoms with Crippen molar-refractivity contribution < 1.29 is 4.79 Å². The van der Waals surface area contributed by atoms with Crippen molar-refractivity contribution in [2.24, 2.45) is 5.73 Å². The van der Waals surface area contributed by atoms with Crippen LogP contribution in [-0.2, 0) is 5.41 Å². The maximum absolute atomic E-state index is 11.5. The van der Waals surface area contributed by atoms with E-state index in [1.807, 2.05) is 18.4 Å². The number of thiophene rings is 1. The molecule has 106 valence electrons. The summed E-state index contributed by atoms with van der Waals surface area (Å²) in [5, 5.41) is 1.87. The zero-order valence-electron chi connectivity index (χ0n) is 12.3. The molecule has 0 bridgehead atoms. The summed E-state index contributed by atoms with van der Waals surface area (Å²) in [5.74, 6) is -0.409. The van der Waals surface area contributed by atoms with Crippen LogP contribution in [0.1, 0.15) is 41.6 Å². The van der Waals surface area contributed by atoms with Crippen molar-refractivity contribution in [2.75, 3.05) is 5.73 Å². The van der Waals surface area contributed by atoms with E-state index in [9.17, 15) is 4.79 Å². The highest BCUT2D eigenvalue weighted by Crippen LogP contribution is 2.37. The van der Waals surface area contributed by atoms with E-state index in [2.05, 4.69) is 32.9 Å². The molecule has 0 spiro atoms. The maximum atomic E-state index is 11.5. The zero-order chi connectivity index (χ0) is 15.1. The molecule has 4 heteroatoms. The van der Waals surface area contributed by atoms with Crippen LogP contribution in [0.5, 0.6) is 0 Å². The lowest BCUT2D eigenvalue weighted by Gasteiger charge is -2.22. The standard InChI is InChI=1S/C16H20N2OS/c1-9-7-10(16(2,3)4)8-12(13(9)17)11-5-6-20-14(11)15(18)19/h5-8H,17H2,1-4H3,(H2,18,19). The number of amides is 1. The summed E-state index contributed by atoms with van der Waals surface area (Å²) in [7, 11) is 0. The van der Waals surface area contributed by atoms with Gasteiger partial charge in [-0.3, -0.25) is 4.79 Å². The van der Waals surface area contributed by atoms with Crippen molar-refractivity contribution in [2.45, 2.75) is 33.1 Å². The van der Waals surface area contributed by atoms with Gasteiger partial charge in [0, 0.05) is 16.8 Å². The highest BCUT2D eigenvalue weighted by Gasteiger charge is 2.20. The van der Waals surface area contributed by atoms with Crippen molar-refractivity contribution in [1.82, 2.24) is 0 Å². The highest BCUT2D eigenvalue weighted by atomic mass is 32.1.